The Hall–Kier alpha value is -1.10. The Balaban J connectivity index is 2.39. The molecule has 1 aliphatic rings. The van der Waals surface area contributed by atoms with E-state index in [2.05, 4.69) is 0 Å². The second kappa shape index (κ2) is 7.36. The van der Waals surface area contributed by atoms with Crippen LogP contribution in [-0.2, 0) is 19.1 Å². The fraction of sp³-hybridized carbons (Fsp3) is 0.846. The molecule has 5 nitrogen and oxygen atoms in total. The monoisotopic (exact) mass is 257 g/mol. The second-order valence-electron chi connectivity index (χ2n) is 4.53. The zero-order valence-electron chi connectivity index (χ0n) is 11.5. The topological polar surface area (TPSA) is 55.8 Å². The van der Waals surface area contributed by atoms with Gasteiger partial charge in [-0.05, 0) is 19.8 Å². The Morgan fingerprint density at radius 1 is 1.39 bits per heavy atom. The number of carbonyl (C=O) groups is 2. The van der Waals surface area contributed by atoms with Crippen molar-refractivity contribution in [2.45, 2.75) is 39.2 Å². The van der Waals surface area contributed by atoms with E-state index in [4.69, 9.17) is 9.47 Å². The standard InChI is InChI=1S/C13H23NO4/c1-4-11-10(7-9-18-11)13(16)14(3)8-6-12(15)17-5-2/h10-11H,4-9H2,1-3H3. The highest BCUT2D eigenvalue weighted by Gasteiger charge is 2.34. The zero-order chi connectivity index (χ0) is 13.5. The Bertz CT molecular complexity index is 293. The van der Waals surface area contributed by atoms with E-state index in [1.165, 1.54) is 0 Å². The van der Waals surface area contributed by atoms with Crippen molar-refractivity contribution in [3.05, 3.63) is 0 Å². The molecule has 1 saturated heterocycles. The normalized spacial score (nSPS) is 22.8. The van der Waals surface area contributed by atoms with E-state index in [-0.39, 0.29) is 30.3 Å². The molecule has 0 N–H and O–H groups in total. The van der Waals surface area contributed by atoms with Gasteiger partial charge in [-0.25, -0.2) is 0 Å². The van der Waals surface area contributed by atoms with Crippen LogP contribution in [0.5, 0.6) is 0 Å². The maximum atomic E-state index is 12.2. The second-order valence-corrected chi connectivity index (χ2v) is 4.53. The zero-order valence-corrected chi connectivity index (χ0v) is 11.5. The molecule has 2 unspecified atom stereocenters. The van der Waals surface area contributed by atoms with E-state index >= 15 is 0 Å². The van der Waals surface area contributed by atoms with Gasteiger partial charge in [-0.3, -0.25) is 9.59 Å². The Morgan fingerprint density at radius 2 is 2.11 bits per heavy atom. The highest BCUT2D eigenvalue weighted by molar-refractivity contribution is 5.80. The molecule has 104 valence electrons. The highest BCUT2D eigenvalue weighted by atomic mass is 16.5. The van der Waals surface area contributed by atoms with Gasteiger partial charge in [-0.2, -0.15) is 0 Å². The molecule has 0 aromatic carbocycles. The molecule has 0 saturated carbocycles. The van der Waals surface area contributed by atoms with Crippen LogP contribution in [0.15, 0.2) is 0 Å². The molecule has 1 aliphatic heterocycles. The summed E-state index contributed by atoms with van der Waals surface area (Å²) in [7, 11) is 1.73. The average molecular weight is 257 g/mol. The summed E-state index contributed by atoms with van der Waals surface area (Å²) in [6, 6.07) is 0. The Kier molecular flexibility index (Phi) is 6.12. The van der Waals surface area contributed by atoms with E-state index in [0.717, 1.165) is 12.8 Å². The summed E-state index contributed by atoms with van der Waals surface area (Å²) in [4.78, 5) is 25.0. The van der Waals surface area contributed by atoms with Crippen LogP contribution in [0.25, 0.3) is 0 Å². The van der Waals surface area contributed by atoms with Crippen LogP contribution in [0, 0.1) is 5.92 Å². The van der Waals surface area contributed by atoms with Gasteiger partial charge in [0.05, 0.1) is 25.0 Å². The molecular weight excluding hydrogens is 234 g/mol. The molecule has 0 spiro atoms. The summed E-state index contributed by atoms with van der Waals surface area (Å²) >= 11 is 0. The number of rotatable bonds is 6. The third-order valence-corrected chi connectivity index (χ3v) is 3.26. The molecule has 1 fully saturated rings. The molecule has 18 heavy (non-hydrogen) atoms. The molecule has 0 radical (unpaired) electrons. The van der Waals surface area contributed by atoms with Gasteiger partial charge < -0.3 is 14.4 Å². The molecule has 1 amide bonds. The van der Waals surface area contributed by atoms with E-state index in [9.17, 15) is 9.59 Å². The molecule has 1 heterocycles. The first kappa shape index (κ1) is 15.0. The van der Waals surface area contributed by atoms with Gasteiger partial charge in [0.25, 0.3) is 0 Å². The minimum absolute atomic E-state index is 0.0301. The first-order valence-electron chi connectivity index (χ1n) is 6.62. The largest absolute Gasteiger partial charge is 0.466 e. The van der Waals surface area contributed by atoms with Crippen LogP contribution in [0.1, 0.15) is 33.1 Å². The van der Waals surface area contributed by atoms with Gasteiger partial charge in [0.2, 0.25) is 5.91 Å². The maximum Gasteiger partial charge on any atom is 0.307 e. The lowest BCUT2D eigenvalue weighted by Crippen LogP contribution is -2.37. The van der Waals surface area contributed by atoms with Crippen molar-refractivity contribution >= 4 is 11.9 Å². The summed E-state index contributed by atoms with van der Waals surface area (Å²) in [6.07, 6.45) is 1.91. The molecule has 0 aromatic heterocycles. The van der Waals surface area contributed by atoms with Crippen molar-refractivity contribution in [1.82, 2.24) is 4.90 Å². The number of ether oxygens (including phenoxy) is 2. The first-order valence-corrected chi connectivity index (χ1v) is 6.62. The van der Waals surface area contributed by atoms with Crippen LogP contribution in [0.4, 0.5) is 0 Å². The SMILES string of the molecule is CCOC(=O)CCN(C)C(=O)C1CCOC1CC. The van der Waals surface area contributed by atoms with Gasteiger partial charge in [0, 0.05) is 20.2 Å². The molecule has 0 aliphatic carbocycles. The molecule has 5 heteroatoms. The number of nitrogens with zero attached hydrogens (tertiary/aromatic N) is 1. The molecule has 0 bridgehead atoms. The van der Waals surface area contributed by atoms with Crippen LogP contribution in [0.3, 0.4) is 0 Å². The fourth-order valence-corrected chi connectivity index (χ4v) is 2.22. The van der Waals surface area contributed by atoms with Gasteiger partial charge in [0.15, 0.2) is 0 Å². The van der Waals surface area contributed by atoms with Crippen LogP contribution < -0.4 is 0 Å². The summed E-state index contributed by atoms with van der Waals surface area (Å²) in [5.41, 5.74) is 0. The summed E-state index contributed by atoms with van der Waals surface area (Å²) in [6.45, 7) is 5.24. The van der Waals surface area contributed by atoms with Crippen molar-refractivity contribution < 1.29 is 19.1 Å². The third-order valence-electron chi connectivity index (χ3n) is 3.26. The first-order chi connectivity index (χ1) is 8.60. The van der Waals surface area contributed by atoms with Crippen LogP contribution >= 0.6 is 0 Å². The van der Waals surface area contributed by atoms with Gasteiger partial charge in [0.1, 0.15) is 0 Å². The quantitative estimate of drug-likeness (QED) is 0.671. The van der Waals surface area contributed by atoms with Gasteiger partial charge >= 0.3 is 5.97 Å². The van der Waals surface area contributed by atoms with Crippen LogP contribution in [-0.4, -0.2) is 49.7 Å². The smallest absolute Gasteiger partial charge is 0.307 e. The van der Waals surface area contributed by atoms with E-state index in [1.807, 2.05) is 6.92 Å². The number of hydrogen-bond acceptors (Lipinski definition) is 4. The predicted molar refractivity (Wildman–Crippen MR) is 67.0 cm³/mol. The van der Waals surface area contributed by atoms with Crippen molar-refractivity contribution in [1.29, 1.82) is 0 Å². The van der Waals surface area contributed by atoms with Gasteiger partial charge in [-0.1, -0.05) is 6.92 Å². The summed E-state index contributed by atoms with van der Waals surface area (Å²) in [5.74, 6) is -0.238. The number of hydrogen-bond donors (Lipinski definition) is 0. The van der Waals surface area contributed by atoms with E-state index in [0.29, 0.717) is 19.8 Å². The molecule has 0 aromatic rings. The van der Waals surface area contributed by atoms with Crippen molar-refractivity contribution in [3.8, 4) is 0 Å². The minimum Gasteiger partial charge on any atom is -0.466 e. The molecule has 2 atom stereocenters. The number of amides is 1. The van der Waals surface area contributed by atoms with E-state index < -0.39 is 0 Å². The summed E-state index contributed by atoms with van der Waals surface area (Å²) < 4.78 is 10.3. The van der Waals surface area contributed by atoms with Crippen molar-refractivity contribution in [2.75, 3.05) is 26.8 Å². The van der Waals surface area contributed by atoms with Gasteiger partial charge in [-0.15, -0.1) is 0 Å². The van der Waals surface area contributed by atoms with Crippen LogP contribution in [0.2, 0.25) is 0 Å². The summed E-state index contributed by atoms with van der Waals surface area (Å²) in [5, 5.41) is 0. The third kappa shape index (κ3) is 3.98. The lowest BCUT2D eigenvalue weighted by atomic mass is 9.98. The van der Waals surface area contributed by atoms with E-state index in [1.54, 1.807) is 18.9 Å². The maximum absolute atomic E-state index is 12.2. The minimum atomic E-state index is -0.258. The Labute approximate surface area is 108 Å². The number of esters is 1. The fourth-order valence-electron chi connectivity index (χ4n) is 2.22. The van der Waals surface area contributed by atoms with Crippen molar-refractivity contribution in [3.63, 3.8) is 0 Å². The lowest BCUT2D eigenvalue weighted by Gasteiger charge is -2.23. The highest BCUT2D eigenvalue weighted by Crippen LogP contribution is 2.25. The number of carbonyl (C=O) groups excluding carboxylic acids is 2. The molecule has 1 rings (SSSR count). The average Bonchev–Trinajstić information content (AvgIpc) is 2.83. The van der Waals surface area contributed by atoms with Crippen molar-refractivity contribution in [2.24, 2.45) is 5.92 Å². The lowest BCUT2D eigenvalue weighted by molar-refractivity contribution is -0.144. The predicted octanol–water partition coefficient (Wildman–Crippen LogP) is 1.21. The molecular formula is C13H23NO4. The Morgan fingerprint density at radius 3 is 2.72 bits per heavy atom.